The van der Waals surface area contributed by atoms with E-state index in [-0.39, 0.29) is 5.41 Å². The van der Waals surface area contributed by atoms with E-state index in [0.717, 1.165) is 14.2 Å². The van der Waals surface area contributed by atoms with Gasteiger partial charge in [0.2, 0.25) is 0 Å². The highest BCUT2D eigenvalue weighted by Crippen LogP contribution is 2.44. The normalized spacial score (nSPS) is 15.1. The molecule has 0 aliphatic heterocycles. The molecule has 1 heterocycles. The number of thiazole rings is 1. The molecule has 0 fully saturated rings. The van der Waals surface area contributed by atoms with Gasteiger partial charge in [-0.05, 0) is 23.6 Å². The molecule has 0 saturated heterocycles. The van der Waals surface area contributed by atoms with Crippen LogP contribution in [0.15, 0.2) is 45.3 Å². The van der Waals surface area contributed by atoms with Crippen molar-refractivity contribution in [1.29, 1.82) is 0 Å². The highest BCUT2D eigenvalue weighted by molar-refractivity contribution is 9.10. The van der Waals surface area contributed by atoms with Crippen LogP contribution in [-0.2, 0) is 5.60 Å². The summed E-state index contributed by atoms with van der Waals surface area (Å²) >= 11 is 6.65. The Morgan fingerprint density at radius 3 is 2.65 bits per heavy atom. The van der Waals surface area contributed by atoms with Crippen molar-refractivity contribution in [3.63, 3.8) is 0 Å². The molecule has 0 radical (unpaired) electrons. The molecule has 1 unspecified atom stereocenters. The van der Waals surface area contributed by atoms with Gasteiger partial charge in [0.1, 0.15) is 5.60 Å². The van der Waals surface area contributed by atoms with Gasteiger partial charge >= 0.3 is 0 Å². The van der Waals surface area contributed by atoms with Crippen LogP contribution in [0.2, 0.25) is 0 Å². The number of aromatic nitrogens is 1. The Bertz CT molecular complexity index is 566. The summed E-state index contributed by atoms with van der Waals surface area (Å²) in [6.45, 7) is 6.19. The fraction of sp³-hybridized carbons (Fsp3) is 0.400. The lowest BCUT2D eigenvalue weighted by Gasteiger charge is -2.39. The minimum absolute atomic E-state index is 0.251. The minimum atomic E-state index is -0.888. The van der Waals surface area contributed by atoms with E-state index in [2.05, 4.69) is 53.8 Å². The minimum Gasteiger partial charge on any atom is -0.383 e. The van der Waals surface area contributed by atoms with E-state index in [4.69, 9.17) is 0 Å². The molecule has 0 aliphatic carbocycles. The van der Waals surface area contributed by atoms with Gasteiger partial charge in [-0.25, -0.2) is 0 Å². The van der Waals surface area contributed by atoms with E-state index in [1.54, 1.807) is 23.5 Å². The van der Waals surface area contributed by atoms with Crippen LogP contribution in [-0.4, -0.2) is 15.8 Å². The van der Waals surface area contributed by atoms with Gasteiger partial charge in [0.25, 0.3) is 0 Å². The maximum atomic E-state index is 11.2. The molecule has 0 aliphatic rings. The van der Waals surface area contributed by atoms with Gasteiger partial charge in [-0.1, -0.05) is 42.8 Å². The molecule has 1 atom stereocenters. The first-order valence-electron chi connectivity index (χ1n) is 6.33. The fourth-order valence-corrected chi connectivity index (χ4v) is 4.74. The lowest BCUT2D eigenvalue weighted by molar-refractivity contribution is -0.0392. The van der Waals surface area contributed by atoms with Crippen molar-refractivity contribution in [3.8, 4) is 0 Å². The second-order valence-electron chi connectivity index (χ2n) is 5.72. The Labute approximate surface area is 136 Å². The number of hydrogen-bond acceptors (Lipinski definition) is 4. The summed E-state index contributed by atoms with van der Waals surface area (Å²) in [6, 6.07) is 8.14. The second kappa shape index (κ2) is 6.18. The summed E-state index contributed by atoms with van der Waals surface area (Å²) in [5.41, 5.74) is 0.634. The summed E-state index contributed by atoms with van der Waals surface area (Å²) in [5, 5.41) is 11.2. The zero-order chi connectivity index (χ0) is 14.8. The van der Waals surface area contributed by atoms with Crippen molar-refractivity contribution in [2.24, 2.45) is 5.41 Å². The van der Waals surface area contributed by atoms with Crippen molar-refractivity contribution in [2.75, 3.05) is 5.75 Å². The first-order valence-corrected chi connectivity index (χ1v) is 8.98. The number of benzene rings is 1. The number of nitrogens with zero attached hydrogens (tertiary/aromatic N) is 1. The van der Waals surface area contributed by atoms with Crippen LogP contribution < -0.4 is 0 Å². The Morgan fingerprint density at radius 1 is 1.35 bits per heavy atom. The SMILES string of the molecule is CC(C)(C)C(O)(CSc1cccc(Br)c1)c1cncs1. The van der Waals surface area contributed by atoms with E-state index >= 15 is 0 Å². The molecular formula is C15H18BrNOS2. The van der Waals surface area contributed by atoms with Crippen LogP contribution in [0.25, 0.3) is 0 Å². The van der Waals surface area contributed by atoms with E-state index in [9.17, 15) is 5.11 Å². The van der Waals surface area contributed by atoms with Crippen molar-refractivity contribution in [1.82, 2.24) is 4.98 Å². The zero-order valence-corrected chi connectivity index (χ0v) is 15.0. The topological polar surface area (TPSA) is 33.1 Å². The first kappa shape index (κ1) is 16.0. The third-order valence-corrected chi connectivity index (χ3v) is 5.89. The van der Waals surface area contributed by atoms with Crippen LogP contribution in [0.4, 0.5) is 0 Å². The van der Waals surface area contributed by atoms with E-state index in [1.165, 1.54) is 11.3 Å². The number of hydrogen-bond donors (Lipinski definition) is 1. The number of thioether (sulfide) groups is 1. The third-order valence-electron chi connectivity index (χ3n) is 3.32. The summed E-state index contributed by atoms with van der Waals surface area (Å²) in [7, 11) is 0. The van der Waals surface area contributed by atoms with Crippen LogP contribution in [0.1, 0.15) is 25.6 Å². The summed E-state index contributed by atoms with van der Waals surface area (Å²) < 4.78 is 1.06. The molecule has 20 heavy (non-hydrogen) atoms. The largest absolute Gasteiger partial charge is 0.383 e. The lowest BCUT2D eigenvalue weighted by Crippen LogP contribution is -2.41. The Kier molecular flexibility index (Phi) is 4.95. The average Bonchev–Trinajstić information content (AvgIpc) is 2.89. The highest BCUT2D eigenvalue weighted by atomic mass is 79.9. The Morgan fingerprint density at radius 2 is 2.10 bits per heavy atom. The maximum absolute atomic E-state index is 11.2. The lowest BCUT2D eigenvalue weighted by atomic mass is 9.77. The molecule has 2 rings (SSSR count). The van der Waals surface area contributed by atoms with Crippen molar-refractivity contribution in [2.45, 2.75) is 31.3 Å². The summed E-state index contributed by atoms with van der Waals surface area (Å²) in [6.07, 6.45) is 1.78. The maximum Gasteiger partial charge on any atom is 0.114 e. The molecule has 0 bridgehead atoms. The smallest absolute Gasteiger partial charge is 0.114 e. The van der Waals surface area contributed by atoms with Crippen LogP contribution in [0, 0.1) is 5.41 Å². The standard InChI is InChI=1S/C15H18BrNOS2/c1-14(2,3)15(18,13-8-17-10-20-13)9-19-12-6-4-5-11(16)7-12/h4-8,10,18H,9H2,1-3H3. The van der Waals surface area contributed by atoms with Crippen LogP contribution in [0.5, 0.6) is 0 Å². The molecule has 108 valence electrons. The Balaban J connectivity index is 2.22. The van der Waals surface area contributed by atoms with E-state index < -0.39 is 5.60 Å². The molecule has 2 aromatic rings. The molecular weight excluding hydrogens is 354 g/mol. The highest BCUT2D eigenvalue weighted by Gasteiger charge is 2.42. The molecule has 0 saturated carbocycles. The molecule has 0 amide bonds. The quantitative estimate of drug-likeness (QED) is 0.773. The summed E-state index contributed by atoms with van der Waals surface area (Å²) in [5.74, 6) is 0.606. The van der Waals surface area contributed by atoms with Crippen LogP contribution >= 0.6 is 39.0 Å². The van der Waals surface area contributed by atoms with Gasteiger partial charge in [-0.2, -0.15) is 0 Å². The van der Waals surface area contributed by atoms with Crippen molar-refractivity contribution in [3.05, 3.63) is 45.3 Å². The van der Waals surface area contributed by atoms with Gasteiger partial charge in [-0.3, -0.25) is 4.98 Å². The van der Waals surface area contributed by atoms with Crippen molar-refractivity contribution < 1.29 is 5.11 Å². The molecule has 1 aromatic carbocycles. The van der Waals surface area contributed by atoms with Gasteiger partial charge in [-0.15, -0.1) is 23.1 Å². The first-order chi connectivity index (χ1) is 9.33. The fourth-order valence-electron chi connectivity index (χ4n) is 1.82. The third kappa shape index (κ3) is 3.45. The number of aliphatic hydroxyl groups is 1. The van der Waals surface area contributed by atoms with Crippen LogP contribution in [0.3, 0.4) is 0 Å². The molecule has 5 heteroatoms. The average molecular weight is 372 g/mol. The monoisotopic (exact) mass is 371 g/mol. The molecule has 0 spiro atoms. The second-order valence-corrected chi connectivity index (χ2v) is 8.57. The van der Waals surface area contributed by atoms with E-state index in [1.807, 2.05) is 12.1 Å². The van der Waals surface area contributed by atoms with E-state index in [0.29, 0.717) is 5.75 Å². The number of halogens is 1. The Hall–Kier alpha value is -0.360. The van der Waals surface area contributed by atoms with Gasteiger partial charge in [0.05, 0.1) is 10.4 Å². The van der Waals surface area contributed by atoms with Gasteiger partial charge in [0.15, 0.2) is 0 Å². The molecule has 1 aromatic heterocycles. The number of rotatable bonds is 4. The predicted octanol–water partition coefficient (Wildman–Crippen LogP) is 4.93. The zero-order valence-electron chi connectivity index (χ0n) is 11.8. The molecule has 2 nitrogen and oxygen atoms in total. The van der Waals surface area contributed by atoms with Gasteiger partial charge < -0.3 is 5.11 Å². The summed E-state index contributed by atoms with van der Waals surface area (Å²) in [4.78, 5) is 6.18. The molecule has 1 N–H and O–H groups in total. The van der Waals surface area contributed by atoms with Crippen molar-refractivity contribution >= 4 is 39.0 Å². The van der Waals surface area contributed by atoms with Gasteiger partial charge in [0, 0.05) is 21.3 Å². The predicted molar refractivity (Wildman–Crippen MR) is 90.3 cm³/mol.